The van der Waals surface area contributed by atoms with Gasteiger partial charge in [-0.2, -0.15) is 0 Å². The summed E-state index contributed by atoms with van der Waals surface area (Å²) in [5.74, 6) is 1.98. The van der Waals surface area contributed by atoms with Gasteiger partial charge in [-0.25, -0.2) is 0 Å². The summed E-state index contributed by atoms with van der Waals surface area (Å²) in [7, 11) is 1.66. The maximum absolute atomic E-state index is 12.5. The van der Waals surface area contributed by atoms with Crippen LogP contribution in [0.3, 0.4) is 0 Å². The summed E-state index contributed by atoms with van der Waals surface area (Å²) in [6.45, 7) is 4.66. The number of amides is 1. The van der Waals surface area contributed by atoms with Crippen LogP contribution in [0.1, 0.15) is 42.6 Å². The van der Waals surface area contributed by atoms with E-state index in [4.69, 9.17) is 4.74 Å². The molecule has 1 fully saturated rings. The quantitative estimate of drug-likeness (QED) is 0.448. The van der Waals surface area contributed by atoms with Gasteiger partial charge >= 0.3 is 0 Å². The highest BCUT2D eigenvalue weighted by Crippen LogP contribution is 2.26. The molecule has 0 unspecified atom stereocenters. The Morgan fingerprint density at radius 3 is 2.61 bits per heavy atom. The molecule has 1 aromatic heterocycles. The van der Waals surface area contributed by atoms with Crippen molar-refractivity contribution in [1.82, 2.24) is 20.1 Å². The van der Waals surface area contributed by atoms with Gasteiger partial charge in [0.15, 0.2) is 11.0 Å². The van der Waals surface area contributed by atoms with Gasteiger partial charge in [-0.1, -0.05) is 36.7 Å². The fourth-order valence-electron chi connectivity index (χ4n) is 4.07. The van der Waals surface area contributed by atoms with E-state index in [9.17, 15) is 4.79 Å². The monoisotopic (exact) mass is 465 g/mol. The van der Waals surface area contributed by atoms with E-state index in [0.29, 0.717) is 18.3 Å². The van der Waals surface area contributed by atoms with Crippen molar-refractivity contribution >= 4 is 23.4 Å². The van der Waals surface area contributed by atoms with Gasteiger partial charge in [0, 0.05) is 11.7 Å². The summed E-state index contributed by atoms with van der Waals surface area (Å²) < 4.78 is 7.30. The molecule has 1 heterocycles. The molecule has 2 N–H and O–H groups in total. The average Bonchev–Trinajstić information content (AvgIpc) is 3.48. The highest BCUT2D eigenvalue weighted by molar-refractivity contribution is 7.99. The van der Waals surface area contributed by atoms with Crippen molar-refractivity contribution in [2.45, 2.75) is 57.3 Å². The normalized spacial score (nSPS) is 13.8. The average molecular weight is 466 g/mol. The predicted octanol–water partition coefficient (Wildman–Crippen LogP) is 4.66. The van der Waals surface area contributed by atoms with Crippen molar-refractivity contribution in [3.8, 4) is 11.4 Å². The number of ether oxygens (including phenoxy) is 1. The number of carbonyl (C=O) groups excluding carboxylic acids is 1. The van der Waals surface area contributed by atoms with Crippen molar-refractivity contribution in [2.75, 3.05) is 18.2 Å². The first-order valence-corrected chi connectivity index (χ1v) is 12.3. The molecule has 0 atom stereocenters. The van der Waals surface area contributed by atoms with Crippen LogP contribution in [-0.2, 0) is 11.3 Å². The lowest BCUT2D eigenvalue weighted by molar-refractivity contribution is -0.119. The first-order chi connectivity index (χ1) is 16.0. The molecular weight excluding hydrogens is 434 g/mol. The maximum atomic E-state index is 12.5. The lowest BCUT2D eigenvalue weighted by Gasteiger charge is -2.15. The molecule has 0 spiro atoms. The molecule has 7 nitrogen and oxygen atoms in total. The Balaban J connectivity index is 1.53. The van der Waals surface area contributed by atoms with E-state index in [1.807, 2.05) is 24.3 Å². The third kappa shape index (κ3) is 5.87. The van der Waals surface area contributed by atoms with Crippen LogP contribution < -0.4 is 15.4 Å². The van der Waals surface area contributed by atoms with Crippen LogP contribution in [0.15, 0.2) is 47.6 Å². The number of rotatable bonds is 9. The number of anilines is 1. The molecule has 3 aromatic rings. The molecule has 33 heavy (non-hydrogen) atoms. The number of carbonyl (C=O) groups is 1. The lowest BCUT2D eigenvalue weighted by atomic mass is 10.1. The Bertz CT molecular complexity index is 1090. The molecule has 8 heteroatoms. The van der Waals surface area contributed by atoms with Crippen LogP contribution in [0.4, 0.5) is 5.69 Å². The van der Waals surface area contributed by atoms with Gasteiger partial charge in [-0.05, 0) is 68.1 Å². The van der Waals surface area contributed by atoms with Crippen molar-refractivity contribution in [3.63, 3.8) is 0 Å². The first kappa shape index (κ1) is 23.2. The van der Waals surface area contributed by atoms with Gasteiger partial charge in [0.2, 0.25) is 5.91 Å². The van der Waals surface area contributed by atoms with Crippen LogP contribution in [-0.4, -0.2) is 39.6 Å². The fourth-order valence-corrected chi connectivity index (χ4v) is 4.85. The minimum atomic E-state index is 0.0559. The van der Waals surface area contributed by atoms with Gasteiger partial charge in [0.1, 0.15) is 5.75 Å². The molecule has 1 aliphatic carbocycles. The van der Waals surface area contributed by atoms with Crippen LogP contribution in [0.2, 0.25) is 0 Å². The van der Waals surface area contributed by atoms with Crippen molar-refractivity contribution in [1.29, 1.82) is 0 Å². The van der Waals surface area contributed by atoms with E-state index in [-0.39, 0.29) is 5.91 Å². The molecule has 1 aliphatic rings. The maximum Gasteiger partial charge on any atom is 0.230 e. The van der Waals surface area contributed by atoms with Crippen molar-refractivity contribution < 1.29 is 9.53 Å². The molecule has 1 amide bonds. The highest BCUT2D eigenvalue weighted by Gasteiger charge is 2.20. The third-order valence-corrected chi connectivity index (χ3v) is 6.83. The SMILES string of the molecule is COc1ccc(NCc2nnc(SCC(=O)NC3CCCC3)n2-c2cc(C)ccc2C)cc1. The summed E-state index contributed by atoms with van der Waals surface area (Å²) in [5, 5.41) is 16.2. The number of hydrogen-bond acceptors (Lipinski definition) is 6. The number of methoxy groups -OCH3 is 1. The Kier molecular flexibility index (Phi) is 7.54. The van der Waals surface area contributed by atoms with E-state index < -0.39 is 0 Å². The third-order valence-electron chi connectivity index (χ3n) is 5.90. The molecule has 2 aromatic carbocycles. The minimum absolute atomic E-state index is 0.0559. The van der Waals surface area contributed by atoms with E-state index in [1.165, 1.54) is 24.6 Å². The van der Waals surface area contributed by atoms with Gasteiger partial charge in [-0.15, -0.1) is 10.2 Å². The van der Waals surface area contributed by atoms with Gasteiger partial charge in [0.25, 0.3) is 0 Å². The second kappa shape index (κ2) is 10.7. The Morgan fingerprint density at radius 1 is 1.12 bits per heavy atom. The molecule has 0 radical (unpaired) electrons. The highest BCUT2D eigenvalue weighted by atomic mass is 32.2. The van der Waals surface area contributed by atoms with Gasteiger partial charge in [0.05, 0.1) is 25.1 Å². The molecule has 0 bridgehead atoms. The number of nitrogens with one attached hydrogen (secondary N) is 2. The minimum Gasteiger partial charge on any atom is -0.497 e. The van der Waals surface area contributed by atoms with Gasteiger partial charge < -0.3 is 15.4 Å². The number of aromatic nitrogens is 3. The number of aryl methyl sites for hydroxylation is 2. The summed E-state index contributed by atoms with van der Waals surface area (Å²) in [4.78, 5) is 12.5. The van der Waals surface area contributed by atoms with Crippen LogP contribution in [0, 0.1) is 13.8 Å². The zero-order valence-electron chi connectivity index (χ0n) is 19.4. The van der Waals surface area contributed by atoms with E-state index in [2.05, 4.69) is 57.4 Å². The fraction of sp³-hybridized carbons (Fsp3) is 0.400. The Hall–Kier alpha value is -3.00. The molecule has 1 saturated carbocycles. The number of benzene rings is 2. The summed E-state index contributed by atoms with van der Waals surface area (Å²) >= 11 is 1.43. The molecule has 0 aliphatic heterocycles. The predicted molar refractivity (Wildman–Crippen MR) is 132 cm³/mol. The van der Waals surface area contributed by atoms with Crippen molar-refractivity contribution in [3.05, 3.63) is 59.4 Å². The summed E-state index contributed by atoms with van der Waals surface area (Å²) in [5.41, 5.74) is 4.29. The smallest absolute Gasteiger partial charge is 0.230 e. The zero-order valence-corrected chi connectivity index (χ0v) is 20.2. The molecule has 174 valence electrons. The lowest BCUT2D eigenvalue weighted by Crippen LogP contribution is -2.33. The molecular formula is C25H31N5O2S. The second-order valence-electron chi connectivity index (χ2n) is 8.44. The van der Waals surface area contributed by atoms with Gasteiger partial charge in [-0.3, -0.25) is 9.36 Å². The summed E-state index contributed by atoms with van der Waals surface area (Å²) in [6.07, 6.45) is 4.56. The van der Waals surface area contributed by atoms with E-state index >= 15 is 0 Å². The zero-order chi connectivity index (χ0) is 23.2. The molecule has 0 saturated heterocycles. The number of thioether (sulfide) groups is 1. The first-order valence-electron chi connectivity index (χ1n) is 11.4. The van der Waals surface area contributed by atoms with Crippen LogP contribution in [0.5, 0.6) is 5.75 Å². The summed E-state index contributed by atoms with van der Waals surface area (Å²) in [6, 6.07) is 14.4. The molecule has 4 rings (SSSR count). The van der Waals surface area contributed by atoms with Crippen molar-refractivity contribution in [2.24, 2.45) is 0 Å². The van der Waals surface area contributed by atoms with E-state index in [0.717, 1.165) is 52.1 Å². The van der Waals surface area contributed by atoms with Crippen LogP contribution in [0.25, 0.3) is 5.69 Å². The largest absolute Gasteiger partial charge is 0.497 e. The Labute approximate surface area is 199 Å². The number of hydrogen-bond donors (Lipinski definition) is 2. The number of nitrogens with zero attached hydrogens (tertiary/aromatic N) is 3. The standard InChI is InChI=1S/C25H31N5O2S/c1-17-8-9-18(2)22(14-17)30-23(15-26-19-10-12-21(32-3)13-11-19)28-29-25(30)33-16-24(31)27-20-6-4-5-7-20/h8-14,20,26H,4-7,15-16H2,1-3H3,(H,27,31). The van der Waals surface area contributed by atoms with E-state index in [1.54, 1.807) is 7.11 Å². The topological polar surface area (TPSA) is 81.1 Å². The second-order valence-corrected chi connectivity index (χ2v) is 9.39. The Morgan fingerprint density at radius 2 is 1.88 bits per heavy atom. The van der Waals surface area contributed by atoms with Crippen LogP contribution >= 0.6 is 11.8 Å².